The highest BCUT2D eigenvalue weighted by Gasteiger charge is 2.26. The predicted molar refractivity (Wildman–Crippen MR) is 138 cm³/mol. The minimum Gasteiger partial charge on any atom is -0.452 e. The zero-order chi connectivity index (χ0) is 24.9. The minimum atomic E-state index is -0.742. The predicted octanol–water partition coefficient (Wildman–Crippen LogP) is 6.08. The van der Waals surface area contributed by atoms with Gasteiger partial charge < -0.3 is 9.47 Å². The second kappa shape index (κ2) is 11.0. The summed E-state index contributed by atoms with van der Waals surface area (Å²) in [6.45, 7) is 10.3. The SMILES string of the molecule is C/N=C\C(=C(\OC(C)OC(=O)C1CCCCC1)c1cc(C)nn1C)c1ccc(C(C)(C)C)cc1. The summed E-state index contributed by atoms with van der Waals surface area (Å²) in [6, 6.07) is 10.4. The van der Waals surface area contributed by atoms with Crippen molar-refractivity contribution in [3.05, 3.63) is 52.8 Å². The largest absolute Gasteiger partial charge is 0.452 e. The van der Waals surface area contributed by atoms with E-state index in [0.29, 0.717) is 5.76 Å². The fourth-order valence-corrected chi connectivity index (χ4v) is 4.42. The van der Waals surface area contributed by atoms with Crippen LogP contribution < -0.4 is 0 Å². The van der Waals surface area contributed by atoms with Crippen LogP contribution in [0.15, 0.2) is 35.3 Å². The Morgan fingerprint density at radius 3 is 2.32 bits per heavy atom. The van der Waals surface area contributed by atoms with E-state index in [2.05, 4.69) is 55.1 Å². The van der Waals surface area contributed by atoms with E-state index in [1.54, 1.807) is 24.9 Å². The van der Waals surface area contributed by atoms with E-state index in [1.165, 1.54) is 12.0 Å². The van der Waals surface area contributed by atoms with Gasteiger partial charge in [-0.1, -0.05) is 64.3 Å². The highest BCUT2D eigenvalue weighted by atomic mass is 16.7. The number of benzene rings is 1. The lowest BCUT2D eigenvalue weighted by Gasteiger charge is -2.24. The number of carbonyl (C=O) groups is 1. The molecular formula is C28H39N3O3. The zero-order valence-corrected chi connectivity index (χ0v) is 21.7. The third kappa shape index (κ3) is 6.37. The molecule has 1 heterocycles. The molecule has 0 amide bonds. The van der Waals surface area contributed by atoms with Gasteiger partial charge in [-0.15, -0.1) is 0 Å². The lowest BCUT2D eigenvalue weighted by Crippen LogP contribution is -2.26. The van der Waals surface area contributed by atoms with Gasteiger partial charge in [-0.3, -0.25) is 14.5 Å². The van der Waals surface area contributed by atoms with Gasteiger partial charge in [0.05, 0.1) is 11.6 Å². The number of aromatic nitrogens is 2. The monoisotopic (exact) mass is 465 g/mol. The fraction of sp³-hybridized carbons (Fsp3) is 0.536. The van der Waals surface area contributed by atoms with Crippen LogP contribution in [0, 0.1) is 12.8 Å². The molecule has 0 bridgehead atoms. The van der Waals surface area contributed by atoms with Crippen molar-refractivity contribution in [3.63, 3.8) is 0 Å². The van der Waals surface area contributed by atoms with Crippen molar-refractivity contribution in [2.75, 3.05) is 7.05 Å². The van der Waals surface area contributed by atoms with Gasteiger partial charge in [0.1, 0.15) is 5.69 Å². The van der Waals surface area contributed by atoms with Crippen molar-refractivity contribution in [1.29, 1.82) is 0 Å². The third-order valence-electron chi connectivity index (χ3n) is 6.30. The van der Waals surface area contributed by atoms with Gasteiger partial charge in [-0.25, -0.2) is 0 Å². The Morgan fingerprint density at radius 1 is 1.15 bits per heavy atom. The number of carbonyl (C=O) groups excluding carboxylic acids is 1. The normalized spacial score (nSPS) is 16.9. The van der Waals surface area contributed by atoms with Crippen LogP contribution in [0.1, 0.15) is 82.3 Å². The topological polar surface area (TPSA) is 65.7 Å². The lowest BCUT2D eigenvalue weighted by molar-refractivity contribution is -0.170. The molecule has 184 valence electrons. The van der Waals surface area contributed by atoms with Crippen molar-refractivity contribution < 1.29 is 14.3 Å². The van der Waals surface area contributed by atoms with E-state index in [9.17, 15) is 4.79 Å². The first-order chi connectivity index (χ1) is 16.1. The molecule has 1 aromatic carbocycles. The number of rotatable bonds is 7. The molecule has 1 atom stereocenters. The van der Waals surface area contributed by atoms with Crippen LogP contribution in [0.4, 0.5) is 0 Å². The first kappa shape index (κ1) is 25.7. The summed E-state index contributed by atoms with van der Waals surface area (Å²) in [4.78, 5) is 17.0. The maximum absolute atomic E-state index is 12.7. The second-order valence-corrected chi connectivity index (χ2v) is 10.2. The minimum absolute atomic E-state index is 0.0344. The molecule has 6 nitrogen and oxygen atoms in total. The molecule has 1 aliphatic carbocycles. The molecule has 1 aliphatic rings. The van der Waals surface area contributed by atoms with Crippen molar-refractivity contribution >= 4 is 23.5 Å². The Balaban J connectivity index is 1.98. The van der Waals surface area contributed by atoms with Crippen LogP contribution in [-0.4, -0.2) is 35.3 Å². The van der Waals surface area contributed by atoms with Gasteiger partial charge in [0.15, 0.2) is 5.76 Å². The van der Waals surface area contributed by atoms with Gasteiger partial charge in [0.2, 0.25) is 6.29 Å². The highest BCUT2D eigenvalue weighted by Crippen LogP contribution is 2.31. The quantitative estimate of drug-likeness (QED) is 0.215. The Labute approximate surface area is 204 Å². The molecule has 1 unspecified atom stereocenters. The molecule has 6 heteroatoms. The Hall–Kier alpha value is -2.89. The van der Waals surface area contributed by atoms with Crippen molar-refractivity contribution in [2.45, 2.75) is 78.4 Å². The number of allylic oxidation sites excluding steroid dienone is 1. The van der Waals surface area contributed by atoms with Crippen LogP contribution in [0.25, 0.3) is 11.3 Å². The number of aliphatic imine (C=N–C) groups is 1. The number of nitrogens with zero attached hydrogens (tertiary/aromatic N) is 3. The molecule has 1 aromatic heterocycles. The molecule has 3 rings (SSSR count). The summed E-state index contributed by atoms with van der Waals surface area (Å²) in [7, 11) is 3.62. The van der Waals surface area contributed by atoms with Gasteiger partial charge in [0, 0.05) is 32.8 Å². The van der Waals surface area contributed by atoms with Gasteiger partial charge in [-0.2, -0.15) is 5.10 Å². The van der Waals surface area contributed by atoms with Crippen LogP contribution >= 0.6 is 0 Å². The Morgan fingerprint density at radius 2 is 1.79 bits per heavy atom. The standard InChI is InChI=1S/C28H39N3O3/c1-19-17-25(31(7)30-19)26(33-20(2)34-27(32)22-11-9-8-10-12-22)24(18-29-6)21-13-15-23(16-14-21)28(3,4)5/h13-18,20,22H,8-12H2,1-7H3/b26-24-,29-18-. The zero-order valence-electron chi connectivity index (χ0n) is 21.7. The third-order valence-corrected chi connectivity index (χ3v) is 6.30. The van der Waals surface area contributed by atoms with E-state index in [-0.39, 0.29) is 17.3 Å². The second-order valence-electron chi connectivity index (χ2n) is 10.2. The maximum atomic E-state index is 12.7. The van der Waals surface area contributed by atoms with E-state index >= 15 is 0 Å². The molecule has 1 fully saturated rings. The van der Waals surface area contributed by atoms with Gasteiger partial charge >= 0.3 is 5.97 Å². The molecule has 0 spiro atoms. The number of hydrogen-bond acceptors (Lipinski definition) is 5. The van der Waals surface area contributed by atoms with Gasteiger partial charge in [0.25, 0.3) is 0 Å². The number of aryl methyl sites for hydroxylation is 2. The smallest absolute Gasteiger partial charge is 0.311 e. The molecular weight excluding hydrogens is 426 g/mol. The molecule has 0 saturated heterocycles. The van der Waals surface area contributed by atoms with Crippen LogP contribution in [0.3, 0.4) is 0 Å². The number of ether oxygens (including phenoxy) is 2. The average molecular weight is 466 g/mol. The molecule has 34 heavy (non-hydrogen) atoms. The molecule has 1 saturated carbocycles. The highest BCUT2D eigenvalue weighted by molar-refractivity contribution is 6.18. The van der Waals surface area contributed by atoms with Crippen molar-refractivity contribution in [1.82, 2.24) is 9.78 Å². The molecule has 2 aromatic rings. The summed E-state index contributed by atoms with van der Waals surface area (Å²) in [5.74, 6) is 0.377. The lowest BCUT2D eigenvalue weighted by atomic mass is 9.86. The molecule has 0 radical (unpaired) electrons. The summed E-state index contributed by atoms with van der Waals surface area (Å²) in [5.41, 5.74) is 4.76. The van der Waals surface area contributed by atoms with Crippen LogP contribution in [-0.2, 0) is 26.7 Å². The van der Waals surface area contributed by atoms with Crippen molar-refractivity contribution in [3.8, 4) is 0 Å². The van der Waals surface area contributed by atoms with Crippen molar-refractivity contribution in [2.24, 2.45) is 18.0 Å². The van der Waals surface area contributed by atoms with E-state index in [4.69, 9.17) is 9.47 Å². The van der Waals surface area contributed by atoms with Crippen LogP contribution in [0.2, 0.25) is 0 Å². The molecule has 0 aliphatic heterocycles. The number of hydrogen-bond donors (Lipinski definition) is 0. The average Bonchev–Trinajstić information content (AvgIpc) is 3.13. The first-order valence-electron chi connectivity index (χ1n) is 12.3. The first-order valence-corrected chi connectivity index (χ1v) is 12.3. The summed E-state index contributed by atoms with van der Waals surface area (Å²) >= 11 is 0. The van der Waals surface area contributed by atoms with E-state index < -0.39 is 6.29 Å². The van der Waals surface area contributed by atoms with Gasteiger partial charge in [-0.05, 0) is 42.4 Å². The maximum Gasteiger partial charge on any atom is 0.311 e. The summed E-state index contributed by atoms with van der Waals surface area (Å²) < 4.78 is 13.9. The Kier molecular flexibility index (Phi) is 8.34. The number of esters is 1. The summed E-state index contributed by atoms with van der Waals surface area (Å²) in [6.07, 6.45) is 6.18. The molecule has 0 N–H and O–H groups in total. The van der Waals surface area contributed by atoms with E-state index in [0.717, 1.165) is 48.2 Å². The fourth-order valence-electron chi connectivity index (χ4n) is 4.42. The van der Waals surface area contributed by atoms with E-state index in [1.807, 2.05) is 20.0 Å². The van der Waals surface area contributed by atoms with Crippen LogP contribution in [0.5, 0.6) is 0 Å². The summed E-state index contributed by atoms with van der Waals surface area (Å²) in [5, 5.41) is 4.51. The Bertz CT molecular complexity index is 1040.